The molecule has 3 N–H and O–H groups in total. The summed E-state index contributed by atoms with van der Waals surface area (Å²) < 4.78 is 5.33. The van der Waals surface area contributed by atoms with Crippen LogP contribution in [0.5, 0.6) is 0 Å². The van der Waals surface area contributed by atoms with E-state index in [2.05, 4.69) is 0 Å². The van der Waals surface area contributed by atoms with E-state index in [0.717, 1.165) is 12.8 Å². The summed E-state index contributed by atoms with van der Waals surface area (Å²) in [6.07, 6.45) is 5.37. The summed E-state index contributed by atoms with van der Waals surface area (Å²) in [6, 6.07) is 0. The minimum atomic E-state index is 0.0289. The van der Waals surface area contributed by atoms with Crippen molar-refractivity contribution in [3.63, 3.8) is 0 Å². The van der Waals surface area contributed by atoms with Gasteiger partial charge in [-0.1, -0.05) is 0 Å². The zero-order chi connectivity index (χ0) is 7.40. The zero-order valence-electron chi connectivity index (χ0n) is 5.86. The largest absolute Gasteiger partial charge is 0.405 e. The van der Waals surface area contributed by atoms with Gasteiger partial charge in [-0.25, -0.2) is 0 Å². The lowest BCUT2D eigenvalue weighted by Crippen LogP contribution is -2.13. The van der Waals surface area contributed by atoms with E-state index in [4.69, 9.17) is 15.6 Å². The van der Waals surface area contributed by atoms with Gasteiger partial charge in [0.2, 0.25) is 0 Å². The first-order chi connectivity index (χ1) is 4.86. The highest BCUT2D eigenvalue weighted by molar-refractivity contribution is 4.90. The Hall–Kier alpha value is -0.540. The van der Waals surface area contributed by atoms with Gasteiger partial charge in [0.05, 0.1) is 18.8 Å². The average molecular weight is 143 g/mol. The molecule has 0 aromatic heterocycles. The average Bonchev–Trinajstić information content (AvgIpc) is 2.37. The van der Waals surface area contributed by atoms with Crippen LogP contribution in [0.2, 0.25) is 0 Å². The third kappa shape index (κ3) is 1.72. The maximum atomic E-state index is 8.67. The Morgan fingerprint density at radius 1 is 1.60 bits per heavy atom. The number of aliphatic hydroxyl groups excluding tert-OH is 1. The highest BCUT2D eigenvalue weighted by atomic mass is 16.5. The maximum absolute atomic E-state index is 8.67. The van der Waals surface area contributed by atoms with E-state index in [0.29, 0.717) is 0 Å². The van der Waals surface area contributed by atoms with Crippen LogP contribution < -0.4 is 5.73 Å². The normalized spacial score (nSPS) is 33.7. The van der Waals surface area contributed by atoms with Crippen molar-refractivity contribution in [2.75, 3.05) is 6.61 Å². The van der Waals surface area contributed by atoms with E-state index < -0.39 is 0 Å². The van der Waals surface area contributed by atoms with Gasteiger partial charge in [-0.2, -0.15) is 0 Å². The molecule has 1 aliphatic rings. The van der Waals surface area contributed by atoms with Crippen molar-refractivity contribution in [3.05, 3.63) is 12.3 Å². The lowest BCUT2D eigenvalue weighted by molar-refractivity contribution is 0.0310. The topological polar surface area (TPSA) is 55.5 Å². The van der Waals surface area contributed by atoms with E-state index in [1.165, 1.54) is 6.20 Å². The Morgan fingerprint density at radius 2 is 2.40 bits per heavy atom. The summed E-state index contributed by atoms with van der Waals surface area (Å²) in [4.78, 5) is 0. The van der Waals surface area contributed by atoms with E-state index in [9.17, 15) is 0 Å². The standard InChI is InChI=1S/C7H13NO2/c8-4-3-6-1-2-7(5-9)10-6/h3-4,6-7,9H,1-2,5,8H2/b4-3+/t6-,7+/m1/s1. The van der Waals surface area contributed by atoms with Crippen LogP contribution in [-0.2, 0) is 4.74 Å². The number of nitrogens with two attached hydrogens (primary N) is 1. The smallest absolute Gasteiger partial charge is 0.0814 e. The molecule has 1 rings (SSSR count). The van der Waals surface area contributed by atoms with Crippen LogP contribution in [0.3, 0.4) is 0 Å². The lowest BCUT2D eigenvalue weighted by atomic mass is 10.2. The van der Waals surface area contributed by atoms with Crippen molar-refractivity contribution in [2.24, 2.45) is 5.73 Å². The molecule has 1 fully saturated rings. The molecular weight excluding hydrogens is 130 g/mol. The van der Waals surface area contributed by atoms with Crippen molar-refractivity contribution in [1.29, 1.82) is 0 Å². The SMILES string of the molecule is N/C=C/[C@H]1CC[C@@H](CO)O1. The van der Waals surface area contributed by atoms with Crippen molar-refractivity contribution >= 4 is 0 Å². The Kier molecular flexibility index (Phi) is 2.71. The molecule has 1 saturated heterocycles. The summed E-state index contributed by atoms with van der Waals surface area (Å²) in [5.41, 5.74) is 5.17. The summed E-state index contributed by atoms with van der Waals surface area (Å²) in [6.45, 7) is 0.120. The van der Waals surface area contributed by atoms with Gasteiger partial charge in [0.1, 0.15) is 0 Å². The number of aliphatic hydroxyl groups is 1. The second-order valence-corrected chi connectivity index (χ2v) is 2.44. The molecule has 0 spiro atoms. The van der Waals surface area contributed by atoms with E-state index in [-0.39, 0.29) is 18.8 Å². The molecule has 10 heavy (non-hydrogen) atoms. The molecular formula is C7H13NO2. The Bertz CT molecular complexity index is 125. The number of ether oxygens (including phenoxy) is 1. The van der Waals surface area contributed by atoms with Crippen LogP contribution in [0, 0.1) is 0 Å². The molecule has 0 saturated carbocycles. The predicted octanol–water partition coefficient (Wildman–Crippen LogP) is -0.00130. The Balaban J connectivity index is 2.28. The van der Waals surface area contributed by atoms with Crippen molar-refractivity contribution < 1.29 is 9.84 Å². The Morgan fingerprint density at radius 3 is 2.90 bits per heavy atom. The fourth-order valence-electron chi connectivity index (χ4n) is 1.13. The van der Waals surface area contributed by atoms with Gasteiger partial charge in [-0.05, 0) is 25.1 Å². The van der Waals surface area contributed by atoms with Crippen molar-refractivity contribution in [2.45, 2.75) is 25.0 Å². The molecule has 0 aromatic rings. The molecule has 0 radical (unpaired) electrons. The van der Waals surface area contributed by atoms with Gasteiger partial charge in [0.25, 0.3) is 0 Å². The molecule has 0 amide bonds. The van der Waals surface area contributed by atoms with Crippen molar-refractivity contribution in [1.82, 2.24) is 0 Å². The first kappa shape index (κ1) is 7.57. The monoisotopic (exact) mass is 143 g/mol. The molecule has 1 aliphatic heterocycles. The van der Waals surface area contributed by atoms with E-state index >= 15 is 0 Å². The molecule has 0 aromatic carbocycles. The minimum Gasteiger partial charge on any atom is -0.405 e. The third-order valence-corrected chi connectivity index (χ3v) is 1.67. The fraction of sp³-hybridized carbons (Fsp3) is 0.714. The Labute approximate surface area is 60.5 Å². The first-order valence-corrected chi connectivity index (χ1v) is 3.51. The fourth-order valence-corrected chi connectivity index (χ4v) is 1.13. The second kappa shape index (κ2) is 3.58. The van der Waals surface area contributed by atoms with Crippen LogP contribution in [0.25, 0.3) is 0 Å². The third-order valence-electron chi connectivity index (χ3n) is 1.67. The van der Waals surface area contributed by atoms with Gasteiger partial charge < -0.3 is 15.6 Å². The number of hydrogen-bond acceptors (Lipinski definition) is 3. The summed E-state index contributed by atoms with van der Waals surface area (Å²) in [5.74, 6) is 0. The van der Waals surface area contributed by atoms with Gasteiger partial charge in [-0.3, -0.25) is 0 Å². The van der Waals surface area contributed by atoms with Crippen LogP contribution in [-0.4, -0.2) is 23.9 Å². The number of rotatable bonds is 2. The second-order valence-electron chi connectivity index (χ2n) is 2.44. The predicted molar refractivity (Wildman–Crippen MR) is 38.3 cm³/mol. The highest BCUT2D eigenvalue weighted by Crippen LogP contribution is 2.19. The van der Waals surface area contributed by atoms with Crippen LogP contribution in [0.1, 0.15) is 12.8 Å². The summed E-state index contributed by atoms with van der Waals surface area (Å²) >= 11 is 0. The molecule has 0 aliphatic carbocycles. The van der Waals surface area contributed by atoms with Crippen LogP contribution >= 0.6 is 0 Å². The van der Waals surface area contributed by atoms with E-state index in [1.807, 2.05) is 6.08 Å². The first-order valence-electron chi connectivity index (χ1n) is 3.51. The van der Waals surface area contributed by atoms with Crippen molar-refractivity contribution in [3.8, 4) is 0 Å². The summed E-state index contributed by atoms with van der Waals surface area (Å²) in [7, 11) is 0. The molecule has 0 unspecified atom stereocenters. The van der Waals surface area contributed by atoms with Gasteiger partial charge in [0.15, 0.2) is 0 Å². The molecule has 2 atom stereocenters. The van der Waals surface area contributed by atoms with Gasteiger partial charge in [-0.15, -0.1) is 0 Å². The van der Waals surface area contributed by atoms with E-state index in [1.54, 1.807) is 0 Å². The summed E-state index contributed by atoms with van der Waals surface area (Å²) in [5, 5.41) is 8.67. The molecule has 3 nitrogen and oxygen atoms in total. The van der Waals surface area contributed by atoms with Gasteiger partial charge >= 0.3 is 0 Å². The molecule has 1 heterocycles. The van der Waals surface area contributed by atoms with Gasteiger partial charge in [0, 0.05) is 0 Å². The molecule has 58 valence electrons. The maximum Gasteiger partial charge on any atom is 0.0814 e. The molecule has 3 heteroatoms. The molecule has 0 bridgehead atoms. The number of hydrogen-bond donors (Lipinski definition) is 2. The van der Waals surface area contributed by atoms with Crippen LogP contribution in [0.4, 0.5) is 0 Å². The highest BCUT2D eigenvalue weighted by Gasteiger charge is 2.21. The quantitative estimate of drug-likeness (QED) is 0.572. The lowest BCUT2D eigenvalue weighted by Gasteiger charge is -2.06. The zero-order valence-corrected chi connectivity index (χ0v) is 5.86. The minimum absolute atomic E-state index is 0.0289. The van der Waals surface area contributed by atoms with Crippen LogP contribution in [0.15, 0.2) is 12.3 Å².